The molecule has 95 heavy (non-hydrogen) atoms. The van der Waals surface area contributed by atoms with E-state index in [1.807, 2.05) is 4.68 Å². The molecular weight excluding hydrogens is 1260 g/mol. The topological polar surface area (TPSA) is 446 Å². The van der Waals surface area contributed by atoms with E-state index in [4.69, 9.17) is 24.7 Å². The minimum absolute atomic E-state index is 0.131. The Hall–Kier alpha value is -7.93. The van der Waals surface area contributed by atoms with Gasteiger partial charge in [-0.1, -0.05) is 0 Å². The molecule has 5 rings (SSSR count). The lowest BCUT2D eigenvalue weighted by Gasteiger charge is -2.33. The third kappa shape index (κ3) is 30.1. The van der Waals surface area contributed by atoms with Crippen molar-refractivity contribution < 1.29 is 86.1 Å². The van der Waals surface area contributed by atoms with Gasteiger partial charge >= 0.3 is 23.9 Å². The number of unbranched alkanes of at least 4 members (excludes halogenated alkanes) is 1. The predicted molar refractivity (Wildman–Crippen MR) is 347 cm³/mol. The highest BCUT2D eigenvalue weighted by Crippen LogP contribution is 2.26. The number of nitrogens with two attached hydrogens (primary N) is 1. The maximum absolute atomic E-state index is 13.6. The standard InChI is InChI=1S/C61H95N15O18S/c1-44-35-48(36-45(2)57(44)95(89,90)71-50(60(87)88)39-68-58(85)46-11-12-51-47(37-46)38-69-76(51)19-6-14-65-61-66-17-18-67-61)94-30-5-10-52(77)63-15-7-28-91-31-33-93-34-32-92-29-8-16-64-59(86)49(9-3-4-13-62)70-53(78)40-72-20-22-73(41-54(79)80)24-26-75(43-56(83)84)27-25-74(23-21-72)42-55(81)82/h11-12,17-18,35-38,49-50,71H,3-10,13-16,19-34,39-43,62H2,1-2H3,(H,63,77)(H,64,86)(H,68,85)(H,70,78)(H,79,80)(H,81,82)(H,83,84)(H,87,88)(H2,65,66,67). The molecule has 0 aliphatic carbocycles. The van der Waals surface area contributed by atoms with Crippen LogP contribution in [-0.2, 0) is 64.3 Å². The van der Waals surface area contributed by atoms with Gasteiger partial charge in [0, 0.05) is 128 Å². The van der Waals surface area contributed by atoms with Gasteiger partial charge in [-0.2, -0.15) is 9.82 Å². The number of carbonyl (C=O) groups is 8. The number of sulfonamides is 1. The third-order valence-electron chi connectivity index (χ3n) is 15.1. The van der Waals surface area contributed by atoms with Crippen molar-refractivity contribution in [2.75, 3.05) is 163 Å². The number of ether oxygens (including phenoxy) is 4. The van der Waals surface area contributed by atoms with Crippen molar-refractivity contribution >= 4 is 74.4 Å². The predicted octanol–water partition coefficient (Wildman–Crippen LogP) is -0.649. The molecule has 0 spiro atoms. The molecule has 1 aliphatic heterocycles. The summed E-state index contributed by atoms with van der Waals surface area (Å²) in [7, 11) is -4.40. The number of H-pyrrole nitrogens is 1. The minimum Gasteiger partial charge on any atom is -0.494 e. The number of rotatable bonds is 45. The number of aliphatic carboxylic acids is 4. The van der Waals surface area contributed by atoms with Crippen molar-refractivity contribution in [3.63, 3.8) is 0 Å². The Kier molecular flexibility index (Phi) is 34.8. The zero-order valence-corrected chi connectivity index (χ0v) is 55.0. The molecule has 2 aromatic heterocycles. The summed E-state index contributed by atoms with van der Waals surface area (Å²) in [6, 6.07) is 5.44. The number of hydrogen-bond donors (Lipinski definition) is 12. The van der Waals surface area contributed by atoms with Crippen LogP contribution in [0.25, 0.3) is 10.9 Å². The number of nitrogens with one attached hydrogen (secondary N) is 7. The van der Waals surface area contributed by atoms with Crippen molar-refractivity contribution in [3.8, 4) is 5.75 Å². The van der Waals surface area contributed by atoms with Gasteiger partial charge in [0.2, 0.25) is 27.7 Å². The number of carbonyl (C=O) groups excluding carboxylic acids is 4. The maximum Gasteiger partial charge on any atom is 0.323 e. The molecule has 2 unspecified atom stereocenters. The Labute approximate surface area is 552 Å². The first-order chi connectivity index (χ1) is 45.6. The Bertz CT molecular complexity index is 3120. The van der Waals surface area contributed by atoms with Crippen LogP contribution in [0.1, 0.15) is 72.9 Å². The van der Waals surface area contributed by atoms with Crippen LogP contribution in [0.3, 0.4) is 0 Å². The molecule has 33 nitrogen and oxygen atoms in total. The molecule has 13 N–H and O–H groups in total. The van der Waals surface area contributed by atoms with Crippen LogP contribution in [0.4, 0.5) is 5.95 Å². The summed E-state index contributed by atoms with van der Waals surface area (Å²) in [6.45, 7) is 7.99. The van der Waals surface area contributed by atoms with E-state index in [0.29, 0.717) is 133 Å². The zero-order valence-electron chi connectivity index (χ0n) is 54.2. The lowest BCUT2D eigenvalue weighted by Crippen LogP contribution is -2.52. The first-order valence-corrected chi connectivity index (χ1v) is 33.4. The van der Waals surface area contributed by atoms with Crippen molar-refractivity contribution in [2.45, 2.75) is 88.7 Å². The van der Waals surface area contributed by atoms with Gasteiger partial charge in [0.05, 0.1) is 75.8 Å². The number of imidazole rings is 1. The third-order valence-corrected chi connectivity index (χ3v) is 16.9. The number of carboxylic acids is 4. The second-order valence-electron chi connectivity index (χ2n) is 22.8. The summed E-state index contributed by atoms with van der Waals surface area (Å²) >= 11 is 0. The number of aromatic nitrogens is 4. The first kappa shape index (κ1) is 77.8. The lowest BCUT2D eigenvalue weighted by atomic mass is 10.1. The lowest BCUT2D eigenvalue weighted by molar-refractivity contribution is -0.140. The number of carboxylic acid groups (broad SMARTS) is 4. The van der Waals surface area contributed by atoms with Gasteiger partial charge in [0.15, 0.2) is 5.95 Å². The summed E-state index contributed by atoms with van der Waals surface area (Å²) in [5, 5.41) is 57.9. The minimum atomic E-state index is -4.40. The van der Waals surface area contributed by atoms with Crippen LogP contribution < -0.4 is 41.8 Å². The Morgan fingerprint density at radius 3 is 1.76 bits per heavy atom. The summed E-state index contributed by atoms with van der Waals surface area (Å²) in [4.78, 5) is 113. The molecule has 4 aromatic rings. The van der Waals surface area contributed by atoms with E-state index in [2.05, 4.69) is 46.4 Å². The van der Waals surface area contributed by atoms with Gasteiger partial charge in [-0.25, -0.2) is 13.4 Å². The average molecular weight is 1360 g/mol. The van der Waals surface area contributed by atoms with E-state index in [1.54, 1.807) is 70.2 Å². The largest absolute Gasteiger partial charge is 0.494 e. The van der Waals surface area contributed by atoms with Crippen LogP contribution in [0, 0.1) is 13.8 Å². The van der Waals surface area contributed by atoms with E-state index < -0.39 is 64.3 Å². The van der Waals surface area contributed by atoms with E-state index in [0.717, 1.165) is 11.9 Å². The first-order valence-electron chi connectivity index (χ1n) is 31.9. The molecule has 1 saturated heterocycles. The average Bonchev–Trinajstić information content (AvgIpc) is 1.32. The van der Waals surface area contributed by atoms with Gasteiger partial charge in [-0.3, -0.25) is 62.6 Å². The van der Waals surface area contributed by atoms with E-state index in [9.17, 15) is 67.2 Å². The number of fused-ring (bicyclic) bond motifs is 1. The fourth-order valence-corrected chi connectivity index (χ4v) is 11.9. The normalized spacial score (nSPS) is 14.6. The fourth-order valence-electron chi connectivity index (χ4n) is 10.3. The van der Waals surface area contributed by atoms with Gasteiger partial charge in [0.25, 0.3) is 5.91 Å². The zero-order chi connectivity index (χ0) is 69.0. The van der Waals surface area contributed by atoms with Crippen LogP contribution in [0.5, 0.6) is 5.75 Å². The van der Waals surface area contributed by atoms with Crippen LogP contribution in [0.15, 0.2) is 53.8 Å². The molecule has 34 heteroatoms. The highest BCUT2D eigenvalue weighted by molar-refractivity contribution is 7.89. The van der Waals surface area contributed by atoms with E-state index >= 15 is 0 Å². The molecule has 1 aliphatic rings. The Morgan fingerprint density at radius 2 is 1.21 bits per heavy atom. The monoisotopic (exact) mass is 1360 g/mol. The highest BCUT2D eigenvalue weighted by Gasteiger charge is 2.30. The summed E-state index contributed by atoms with van der Waals surface area (Å²) in [6.07, 6.45) is 8.93. The second-order valence-corrected chi connectivity index (χ2v) is 24.4. The molecule has 1 fully saturated rings. The van der Waals surface area contributed by atoms with E-state index in [-0.39, 0.29) is 120 Å². The van der Waals surface area contributed by atoms with Crippen molar-refractivity contribution in [2.24, 2.45) is 5.73 Å². The molecule has 2 aromatic carbocycles. The van der Waals surface area contributed by atoms with Crippen LogP contribution in [-0.4, -0.2) is 285 Å². The number of benzene rings is 2. The number of aromatic amines is 1. The molecule has 0 saturated carbocycles. The SMILES string of the molecule is Cc1cc(OCCCC(=O)NCCCOCCOCCOCCCNC(=O)C(CCCCN)NC(=O)CN2CCN(CC(=O)O)CCN(CC(=O)O)CCN(CC(=O)O)CC2)cc(C)c1S(=O)(=O)NC(CNC(=O)c1ccc2c(cnn2CCCNc2ncc[nH]2)c1)C(=O)O. The summed E-state index contributed by atoms with van der Waals surface area (Å²) < 4.78 is 54.0. The molecule has 0 bridgehead atoms. The fraction of sp³-hybridized carbons (Fsp3) is 0.607. The number of aryl methyl sites for hydroxylation is 3. The maximum atomic E-state index is 13.6. The van der Waals surface area contributed by atoms with Crippen molar-refractivity contribution in [1.29, 1.82) is 0 Å². The number of hydrogen-bond acceptors (Lipinski definition) is 22. The van der Waals surface area contributed by atoms with Gasteiger partial charge < -0.3 is 76.7 Å². The summed E-state index contributed by atoms with van der Waals surface area (Å²) in [5.41, 5.74) is 7.35. The van der Waals surface area contributed by atoms with Crippen LogP contribution >= 0.6 is 0 Å². The second kappa shape index (κ2) is 42.5. The molecule has 4 amide bonds. The summed E-state index contributed by atoms with van der Waals surface area (Å²) in [5.74, 6) is -5.22. The highest BCUT2D eigenvalue weighted by atomic mass is 32.2. The smallest absolute Gasteiger partial charge is 0.323 e. The Morgan fingerprint density at radius 1 is 0.642 bits per heavy atom. The quantitative estimate of drug-likeness (QED) is 0.0245. The number of nitrogens with zero attached hydrogens (tertiary/aromatic N) is 7. The van der Waals surface area contributed by atoms with Crippen molar-refractivity contribution in [3.05, 3.63) is 65.6 Å². The van der Waals surface area contributed by atoms with Gasteiger partial charge in [-0.15, -0.1) is 0 Å². The van der Waals surface area contributed by atoms with Gasteiger partial charge in [-0.05, 0) is 107 Å². The molecule has 528 valence electrons. The number of anilines is 1. The molecule has 3 heterocycles. The molecular formula is C61H95N15O18S. The molecule has 0 radical (unpaired) electrons. The number of amides is 4. The van der Waals surface area contributed by atoms with Gasteiger partial charge in [0.1, 0.15) is 17.8 Å². The van der Waals surface area contributed by atoms with Crippen LogP contribution in [0.2, 0.25) is 0 Å². The Balaban J connectivity index is 0.896. The molecule has 2 atom stereocenters. The van der Waals surface area contributed by atoms with Crippen molar-refractivity contribution in [1.82, 2.24) is 65.3 Å². The van der Waals surface area contributed by atoms with E-state index in [1.165, 1.54) is 12.1 Å².